The molecule has 1 N–H and O–H groups in total. The Morgan fingerprint density at radius 3 is 3.06 bits per heavy atom. The molecule has 84 valence electrons. The minimum atomic E-state index is -0.127. The fourth-order valence-electron chi connectivity index (χ4n) is 1.11. The van der Waals surface area contributed by atoms with Crippen molar-refractivity contribution in [1.29, 1.82) is 0 Å². The van der Waals surface area contributed by atoms with Crippen molar-refractivity contribution in [2.24, 2.45) is 0 Å². The van der Waals surface area contributed by atoms with Gasteiger partial charge in [0.1, 0.15) is 0 Å². The van der Waals surface area contributed by atoms with Gasteiger partial charge in [0.15, 0.2) is 9.62 Å². The summed E-state index contributed by atoms with van der Waals surface area (Å²) < 4.78 is 0.529. The Hall–Kier alpha value is -0.850. The molecular formula is C9H8ClN3OS2. The van der Waals surface area contributed by atoms with Crippen molar-refractivity contribution in [3.8, 4) is 0 Å². The number of H-pyrrole nitrogens is 1. The van der Waals surface area contributed by atoms with Gasteiger partial charge in [0.2, 0.25) is 0 Å². The molecule has 7 heteroatoms. The first kappa shape index (κ1) is 11.6. The van der Waals surface area contributed by atoms with Gasteiger partial charge in [0.25, 0.3) is 5.56 Å². The molecule has 2 heterocycles. The van der Waals surface area contributed by atoms with E-state index in [0.29, 0.717) is 21.1 Å². The number of halogens is 1. The van der Waals surface area contributed by atoms with Crippen LogP contribution in [-0.4, -0.2) is 15.0 Å². The number of hydrogen-bond donors (Lipinski definition) is 1. The van der Waals surface area contributed by atoms with E-state index in [1.54, 1.807) is 13.1 Å². The minimum absolute atomic E-state index is 0.127. The molecule has 0 atom stereocenters. The molecule has 0 aliphatic carbocycles. The highest BCUT2D eigenvalue weighted by Gasteiger charge is 2.03. The zero-order valence-corrected chi connectivity index (χ0v) is 10.7. The average molecular weight is 274 g/mol. The predicted octanol–water partition coefficient (Wildman–Crippen LogP) is 2.48. The summed E-state index contributed by atoms with van der Waals surface area (Å²) in [6, 6.07) is 1.47. The van der Waals surface area contributed by atoms with Gasteiger partial charge >= 0.3 is 0 Å². The molecule has 2 aromatic rings. The van der Waals surface area contributed by atoms with E-state index in [0.717, 1.165) is 4.88 Å². The van der Waals surface area contributed by atoms with E-state index in [2.05, 4.69) is 15.0 Å². The second-order valence-electron chi connectivity index (χ2n) is 3.06. The molecule has 0 bridgehead atoms. The highest BCUT2D eigenvalue weighted by molar-refractivity contribution is 7.98. The van der Waals surface area contributed by atoms with E-state index in [9.17, 15) is 4.79 Å². The van der Waals surface area contributed by atoms with Crippen molar-refractivity contribution in [1.82, 2.24) is 15.0 Å². The van der Waals surface area contributed by atoms with E-state index in [1.807, 2.05) is 0 Å². The van der Waals surface area contributed by atoms with Crippen molar-refractivity contribution >= 4 is 34.7 Å². The number of aryl methyl sites for hydroxylation is 1. The maximum absolute atomic E-state index is 11.2. The number of aromatic amines is 1. The number of nitrogens with one attached hydrogen (secondary N) is 1. The number of aromatic nitrogens is 3. The lowest BCUT2D eigenvalue weighted by Crippen LogP contribution is -2.07. The van der Waals surface area contributed by atoms with Gasteiger partial charge in [-0.1, -0.05) is 23.4 Å². The van der Waals surface area contributed by atoms with E-state index in [4.69, 9.17) is 11.6 Å². The Bertz CT molecular complexity index is 552. The zero-order valence-electron chi connectivity index (χ0n) is 8.36. The summed E-state index contributed by atoms with van der Waals surface area (Å²) in [7, 11) is 0. The summed E-state index contributed by atoms with van der Waals surface area (Å²) in [5, 5.41) is 0.620. The molecule has 0 spiro atoms. The molecule has 0 aliphatic heterocycles. The summed E-state index contributed by atoms with van der Waals surface area (Å²) in [4.78, 5) is 23.1. The van der Waals surface area contributed by atoms with Crippen LogP contribution in [0.4, 0.5) is 0 Å². The summed E-state index contributed by atoms with van der Waals surface area (Å²) >= 11 is 8.61. The molecule has 4 nitrogen and oxygen atoms in total. The lowest BCUT2D eigenvalue weighted by molar-refractivity contribution is 0.905. The predicted molar refractivity (Wildman–Crippen MR) is 66.3 cm³/mol. The van der Waals surface area contributed by atoms with Crippen LogP contribution in [0.5, 0.6) is 0 Å². The number of nitrogens with zero attached hydrogens (tertiary/aromatic N) is 2. The van der Waals surface area contributed by atoms with Crippen molar-refractivity contribution in [2.75, 3.05) is 0 Å². The van der Waals surface area contributed by atoms with Crippen LogP contribution in [0.15, 0.2) is 22.2 Å². The zero-order chi connectivity index (χ0) is 11.5. The topological polar surface area (TPSA) is 58.6 Å². The Labute approximate surface area is 105 Å². The maximum atomic E-state index is 11.2. The van der Waals surface area contributed by atoms with Gasteiger partial charge in [-0.2, -0.15) is 0 Å². The van der Waals surface area contributed by atoms with E-state index in [1.165, 1.54) is 29.2 Å². The molecule has 0 unspecified atom stereocenters. The second kappa shape index (κ2) is 4.99. The van der Waals surface area contributed by atoms with Crippen LogP contribution in [0.1, 0.15) is 10.6 Å². The lowest BCUT2D eigenvalue weighted by atomic mass is 10.5. The third kappa shape index (κ3) is 3.07. The summed E-state index contributed by atoms with van der Waals surface area (Å²) in [5.41, 5.74) is 0.589. The summed E-state index contributed by atoms with van der Waals surface area (Å²) in [5.74, 6) is 0.705. The molecular weight excluding hydrogens is 266 g/mol. The van der Waals surface area contributed by atoms with E-state index >= 15 is 0 Å². The Morgan fingerprint density at radius 2 is 2.44 bits per heavy atom. The maximum Gasteiger partial charge on any atom is 0.251 e. The molecule has 0 aliphatic rings. The molecule has 0 amide bonds. The van der Waals surface area contributed by atoms with Gasteiger partial charge in [-0.15, -0.1) is 11.3 Å². The smallest absolute Gasteiger partial charge is 0.251 e. The van der Waals surface area contributed by atoms with Crippen molar-refractivity contribution < 1.29 is 0 Å². The van der Waals surface area contributed by atoms with Gasteiger partial charge in [0.05, 0.1) is 0 Å². The number of rotatable bonds is 3. The third-order valence-corrected chi connectivity index (χ3v) is 3.94. The van der Waals surface area contributed by atoms with Crippen LogP contribution in [0.3, 0.4) is 0 Å². The molecule has 0 saturated heterocycles. The van der Waals surface area contributed by atoms with E-state index < -0.39 is 0 Å². The number of thioether (sulfide) groups is 1. The van der Waals surface area contributed by atoms with Gasteiger partial charge in [0, 0.05) is 28.6 Å². The van der Waals surface area contributed by atoms with Gasteiger partial charge in [-0.05, 0) is 6.92 Å². The SMILES string of the molecule is Cc1cc(=O)[nH]c(SCc2cnc(Cl)s2)n1. The van der Waals surface area contributed by atoms with Crippen LogP contribution in [-0.2, 0) is 5.75 Å². The second-order valence-corrected chi connectivity index (χ2v) is 5.72. The molecule has 0 fully saturated rings. The third-order valence-electron chi connectivity index (χ3n) is 1.72. The summed E-state index contributed by atoms with van der Waals surface area (Å²) in [6.07, 6.45) is 1.73. The van der Waals surface area contributed by atoms with Gasteiger partial charge < -0.3 is 4.98 Å². The first-order valence-corrected chi connectivity index (χ1v) is 6.62. The van der Waals surface area contributed by atoms with Crippen molar-refractivity contribution in [3.05, 3.63) is 37.7 Å². The molecule has 0 aromatic carbocycles. The van der Waals surface area contributed by atoms with Crippen molar-refractivity contribution in [3.63, 3.8) is 0 Å². The van der Waals surface area contributed by atoms with Crippen LogP contribution in [0.2, 0.25) is 4.47 Å². The quantitative estimate of drug-likeness (QED) is 0.689. The van der Waals surface area contributed by atoms with Crippen molar-refractivity contribution in [2.45, 2.75) is 17.8 Å². The standard InChI is InChI=1S/C9H8ClN3OS2/c1-5-2-7(14)13-9(12-5)15-4-6-3-11-8(10)16-6/h2-3H,4H2,1H3,(H,12,13,14). The first-order chi connectivity index (χ1) is 7.63. The fourth-order valence-corrected chi connectivity index (χ4v) is 3.03. The van der Waals surface area contributed by atoms with Crippen LogP contribution in [0.25, 0.3) is 0 Å². The largest absolute Gasteiger partial charge is 0.301 e. The van der Waals surface area contributed by atoms with Gasteiger partial charge in [-0.25, -0.2) is 9.97 Å². The van der Waals surface area contributed by atoms with E-state index in [-0.39, 0.29) is 5.56 Å². The number of thiazole rings is 1. The molecule has 16 heavy (non-hydrogen) atoms. The highest BCUT2D eigenvalue weighted by atomic mass is 35.5. The first-order valence-electron chi connectivity index (χ1n) is 4.44. The fraction of sp³-hybridized carbons (Fsp3) is 0.222. The van der Waals surface area contributed by atoms with Crippen LogP contribution in [0, 0.1) is 6.92 Å². The Kier molecular flexibility index (Phi) is 3.63. The monoisotopic (exact) mass is 273 g/mol. The Balaban J connectivity index is 2.07. The molecule has 0 saturated carbocycles. The lowest BCUT2D eigenvalue weighted by Gasteiger charge is -1.99. The number of hydrogen-bond acceptors (Lipinski definition) is 5. The molecule has 0 radical (unpaired) electrons. The highest BCUT2D eigenvalue weighted by Crippen LogP contribution is 2.24. The molecule has 2 rings (SSSR count). The molecule has 2 aromatic heterocycles. The van der Waals surface area contributed by atoms with Gasteiger partial charge in [-0.3, -0.25) is 4.79 Å². The van der Waals surface area contributed by atoms with Crippen LogP contribution >= 0.6 is 34.7 Å². The minimum Gasteiger partial charge on any atom is -0.301 e. The van der Waals surface area contributed by atoms with Crippen LogP contribution < -0.4 is 5.56 Å². The average Bonchev–Trinajstić information content (AvgIpc) is 2.60. The Morgan fingerprint density at radius 1 is 1.62 bits per heavy atom. The normalized spacial score (nSPS) is 10.6. The summed E-state index contributed by atoms with van der Waals surface area (Å²) in [6.45, 7) is 1.79.